The number of aromatic nitrogens is 2. The Hall–Kier alpha value is -1.89. The average molecular weight is 386 g/mol. The van der Waals surface area contributed by atoms with Crippen LogP contribution in [0.2, 0.25) is 0 Å². The van der Waals surface area contributed by atoms with Crippen LogP contribution in [-0.4, -0.2) is 75.2 Å². The van der Waals surface area contributed by atoms with Gasteiger partial charge < -0.3 is 14.8 Å². The Morgan fingerprint density at radius 1 is 1.14 bits per heavy atom. The van der Waals surface area contributed by atoms with Crippen LogP contribution in [0, 0.1) is 5.92 Å². The van der Waals surface area contributed by atoms with Crippen LogP contribution in [0.1, 0.15) is 56.8 Å². The van der Waals surface area contributed by atoms with E-state index in [1.54, 1.807) is 6.33 Å². The SMILES string of the molecule is CCN1CCC[C@@H]1C(=O)N1CCC2(CC1)c1nc[nH]c1CCN2C(=O)C1CC1. The Kier molecular flexibility index (Phi) is 4.45. The number of nitrogens with zero attached hydrogens (tertiary/aromatic N) is 4. The molecule has 1 N–H and O–H groups in total. The predicted octanol–water partition coefficient (Wildman–Crippen LogP) is 1.51. The number of likely N-dealkylation sites (tertiary alicyclic amines) is 2. The number of carbonyl (C=O) groups is 2. The van der Waals surface area contributed by atoms with Gasteiger partial charge in [0.05, 0.1) is 23.6 Å². The van der Waals surface area contributed by atoms with Crippen molar-refractivity contribution in [2.75, 3.05) is 32.7 Å². The number of hydrogen-bond donors (Lipinski definition) is 1. The lowest BCUT2D eigenvalue weighted by atomic mass is 9.78. The summed E-state index contributed by atoms with van der Waals surface area (Å²) in [7, 11) is 0. The number of carbonyl (C=O) groups excluding carboxylic acids is 2. The summed E-state index contributed by atoms with van der Waals surface area (Å²) in [6.07, 6.45) is 8.36. The second-order valence-corrected chi connectivity index (χ2v) is 8.89. The number of likely N-dealkylation sites (N-methyl/N-ethyl adjacent to an activating group) is 1. The molecule has 7 heteroatoms. The van der Waals surface area contributed by atoms with Crippen LogP contribution in [0.15, 0.2) is 6.33 Å². The molecule has 2 saturated heterocycles. The minimum Gasteiger partial charge on any atom is -0.348 e. The van der Waals surface area contributed by atoms with E-state index in [2.05, 4.69) is 26.7 Å². The summed E-state index contributed by atoms with van der Waals surface area (Å²) >= 11 is 0. The third-order valence-electron chi connectivity index (χ3n) is 7.41. The fourth-order valence-corrected chi connectivity index (χ4v) is 5.65. The molecular weight excluding hydrogens is 354 g/mol. The number of fused-ring (bicyclic) bond motifs is 2. The Morgan fingerprint density at radius 3 is 2.64 bits per heavy atom. The Balaban J connectivity index is 1.37. The summed E-state index contributed by atoms with van der Waals surface area (Å²) < 4.78 is 0. The van der Waals surface area contributed by atoms with E-state index in [9.17, 15) is 9.59 Å². The van der Waals surface area contributed by atoms with Gasteiger partial charge in [-0.3, -0.25) is 14.5 Å². The number of hydrogen-bond acceptors (Lipinski definition) is 4. The van der Waals surface area contributed by atoms with Crippen molar-refractivity contribution in [3.8, 4) is 0 Å². The molecule has 0 aromatic carbocycles. The van der Waals surface area contributed by atoms with Gasteiger partial charge >= 0.3 is 0 Å². The molecule has 7 nitrogen and oxygen atoms in total. The highest BCUT2D eigenvalue weighted by Gasteiger charge is 2.51. The Bertz CT molecular complexity index is 763. The molecule has 3 aliphatic heterocycles. The van der Waals surface area contributed by atoms with E-state index >= 15 is 0 Å². The van der Waals surface area contributed by atoms with Crippen molar-refractivity contribution in [1.82, 2.24) is 24.7 Å². The number of imidazole rings is 1. The highest BCUT2D eigenvalue weighted by Crippen LogP contribution is 2.45. The molecule has 28 heavy (non-hydrogen) atoms. The van der Waals surface area contributed by atoms with Crippen LogP contribution in [-0.2, 0) is 21.5 Å². The fourth-order valence-electron chi connectivity index (χ4n) is 5.65. The lowest BCUT2D eigenvalue weighted by Crippen LogP contribution is -2.60. The average Bonchev–Trinajstić information content (AvgIpc) is 3.26. The maximum absolute atomic E-state index is 13.2. The van der Waals surface area contributed by atoms with Gasteiger partial charge in [-0.2, -0.15) is 0 Å². The number of piperidine rings is 1. The topological polar surface area (TPSA) is 72.5 Å². The molecule has 0 radical (unpaired) electrons. The highest BCUT2D eigenvalue weighted by molar-refractivity contribution is 5.83. The molecule has 3 fully saturated rings. The van der Waals surface area contributed by atoms with Gasteiger partial charge in [-0.1, -0.05) is 6.92 Å². The fraction of sp³-hybridized carbons (Fsp3) is 0.762. The second-order valence-electron chi connectivity index (χ2n) is 8.89. The molecule has 2 amide bonds. The van der Waals surface area contributed by atoms with Crippen molar-refractivity contribution >= 4 is 11.8 Å². The highest BCUT2D eigenvalue weighted by atomic mass is 16.2. The van der Waals surface area contributed by atoms with E-state index in [0.717, 1.165) is 70.3 Å². The second kappa shape index (κ2) is 6.87. The number of nitrogens with one attached hydrogen (secondary N) is 1. The van der Waals surface area contributed by atoms with Crippen molar-refractivity contribution in [2.45, 2.75) is 63.5 Å². The summed E-state index contributed by atoms with van der Waals surface area (Å²) in [6, 6.07) is 0.0514. The summed E-state index contributed by atoms with van der Waals surface area (Å²) in [5, 5.41) is 0. The zero-order chi connectivity index (χ0) is 19.3. The normalized spacial score (nSPS) is 27.2. The van der Waals surface area contributed by atoms with Crippen LogP contribution >= 0.6 is 0 Å². The molecule has 0 bridgehead atoms. The van der Waals surface area contributed by atoms with Crippen LogP contribution < -0.4 is 0 Å². The molecule has 0 unspecified atom stereocenters. The first-order valence-electron chi connectivity index (χ1n) is 11.0. The van der Waals surface area contributed by atoms with E-state index in [4.69, 9.17) is 0 Å². The first kappa shape index (κ1) is 18.2. The molecule has 5 rings (SSSR count). The molecule has 1 spiro atoms. The minimum absolute atomic E-state index is 0.0514. The molecular formula is C21H31N5O2. The van der Waals surface area contributed by atoms with Gasteiger partial charge in [0, 0.05) is 37.7 Å². The quantitative estimate of drug-likeness (QED) is 0.856. The smallest absolute Gasteiger partial charge is 0.239 e. The van der Waals surface area contributed by atoms with Crippen LogP contribution in [0.25, 0.3) is 0 Å². The molecule has 1 atom stereocenters. The van der Waals surface area contributed by atoms with Gasteiger partial charge in [-0.25, -0.2) is 4.98 Å². The van der Waals surface area contributed by atoms with Crippen LogP contribution in [0.4, 0.5) is 0 Å². The van der Waals surface area contributed by atoms with E-state index in [-0.39, 0.29) is 23.4 Å². The molecule has 1 aromatic rings. The largest absolute Gasteiger partial charge is 0.348 e. The van der Waals surface area contributed by atoms with Gasteiger partial charge in [0.1, 0.15) is 0 Å². The number of aromatic amines is 1. The van der Waals surface area contributed by atoms with E-state index < -0.39 is 0 Å². The molecule has 4 heterocycles. The predicted molar refractivity (Wildman–Crippen MR) is 104 cm³/mol. The minimum atomic E-state index is -0.329. The van der Waals surface area contributed by atoms with Gasteiger partial charge in [0.25, 0.3) is 0 Å². The summed E-state index contributed by atoms with van der Waals surface area (Å²) in [4.78, 5) is 40.7. The van der Waals surface area contributed by atoms with Gasteiger partial charge in [0.15, 0.2) is 0 Å². The van der Waals surface area contributed by atoms with Crippen LogP contribution in [0.5, 0.6) is 0 Å². The zero-order valence-electron chi connectivity index (χ0n) is 16.8. The van der Waals surface area contributed by atoms with Gasteiger partial charge in [-0.05, 0) is 51.6 Å². The number of H-pyrrole nitrogens is 1. The third-order valence-corrected chi connectivity index (χ3v) is 7.41. The van der Waals surface area contributed by atoms with Gasteiger partial charge in [0.2, 0.25) is 11.8 Å². The van der Waals surface area contributed by atoms with Crippen LogP contribution in [0.3, 0.4) is 0 Å². The maximum atomic E-state index is 13.2. The lowest BCUT2D eigenvalue weighted by Gasteiger charge is -2.51. The molecule has 1 saturated carbocycles. The van der Waals surface area contributed by atoms with Crippen molar-refractivity contribution in [3.63, 3.8) is 0 Å². The Morgan fingerprint density at radius 2 is 1.93 bits per heavy atom. The summed E-state index contributed by atoms with van der Waals surface area (Å²) in [5.41, 5.74) is 1.90. The first-order chi connectivity index (χ1) is 13.6. The van der Waals surface area contributed by atoms with E-state index in [0.29, 0.717) is 19.0 Å². The van der Waals surface area contributed by atoms with Crippen molar-refractivity contribution in [1.29, 1.82) is 0 Å². The Labute approximate surface area is 166 Å². The summed E-state index contributed by atoms with van der Waals surface area (Å²) in [6.45, 7) is 6.31. The van der Waals surface area contributed by atoms with Crippen molar-refractivity contribution < 1.29 is 9.59 Å². The molecule has 152 valence electrons. The molecule has 4 aliphatic rings. The van der Waals surface area contributed by atoms with Crippen molar-refractivity contribution in [2.24, 2.45) is 5.92 Å². The lowest BCUT2D eigenvalue weighted by molar-refractivity contribution is -0.147. The summed E-state index contributed by atoms with van der Waals surface area (Å²) in [5.74, 6) is 0.808. The van der Waals surface area contributed by atoms with Gasteiger partial charge in [-0.15, -0.1) is 0 Å². The van der Waals surface area contributed by atoms with Crippen molar-refractivity contribution in [3.05, 3.63) is 17.7 Å². The molecule has 1 aromatic heterocycles. The molecule has 1 aliphatic carbocycles. The third kappa shape index (κ3) is 2.78. The first-order valence-corrected chi connectivity index (χ1v) is 11.0. The standard InChI is InChI=1S/C21H31N5O2/c1-2-24-10-3-4-17(24)20(28)25-12-8-21(9-13-25)18-16(22-14-23-18)7-11-26(21)19(27)15-5-6-15/h14-15,17H,2-13H2,1H3,(H,22,23)/t17-/m1/s1. The van der Waals surface area contributed by atoms with E-state index in [1.807, 2.05) is 4.90 Å². The zero-order valence-corrected chi connectivity index (χ0v) is 16.8. The number of amides is 2. The monoisotopic (exact) mass is 385 g/mol. The number of rotatable bonds is 3. The van der Waals surface area contributed by atoms with E-state index in [1.165, 1.54) is 5.69 Å². The maximum Gasteiger partial charge on any atom is 0.239 e.